The molecule has 6 heteroatoms. The number of sulfonamides is 1. The molecule has 0 amide bonds. The van der Waals surface area contributed by atoms with Crippen molar-refractivity contribution in [2.24, 2.45) is 0 Å². The Morgan fingerprint density at radius 2 is 1.78 bits per heavy atom. The highest BCUT2D eigenvalue weighted by atomic mass is 32.2. The molecule has 0 saturated heterocycles. The number of hydrogen-bond donors (Lipinski definition) is 1. The van der Waals surface area contributed by atoms with Gasteiger partial charge in [0.2, 0.25) is 0 Å². The van der Waals surface area contributed by atoms with Gasteiger partial charge < -0.3 is 4.74 Å². The van der Waals surface area contributed by atoms with Crippen molar-refractivity contribution in [3.05, 3.63) is 59.7 Å². The van der Waals surface area contributed by atoms with Crippen molar-refractivity contribution in [1.29, 1.82) is 0 Å². The lowest BCUT2D eigenvalue weighted by Gasteiger charge is -2.13. The standard InChI is InChI=1S/C17H19NO4S/c1-12(2)13-7-6-8-14(11-13)18-23(20,21)16-10-5-4-9-15(16)17(19)22-3/h4-12,18H,1-3H3. The summed E-state index contributed by atoms with van der Waals surface area (Å²) in [5.41, 5.74) is 1.48. The molecule has 1 N–H and O–H groups in total. The molecule has 0 unspecified atom stereocenters. The molecule has 0 aliphatic rings. The zero-order chi connectivity index (χ0) is 17.0. The number of nitrogens with one attached hydrogen (secondary N) is 1. The van der Waals surface area contributed by atoms with E-state index in [1.54, 1.807) is 30.3 Å². The van der Waals surface area contributed by atoms with Crippen molar-refractivity contribution in [3.63, 3.8) is 0 Å². The van der Waals surface area contributed by atoms with Crippen molar-refractivity contribution >= 4 is 21.7 Å². The first-order valence-corrected chi connectivity index (χ1v) is 8.63. The number of benzene rings is 2. The Bertz CT molecular complexity index is 813. The molecule has 0 saturated carbocycles. The molecule has 0 atom stereocenters. The van der Waals surface area contributed by atoms with Crippen LogP contribution in [0.25, 0.3) is 0 Å². The summed E-state index contributed by atoms with van der Waals surface area (Å²) in [6.45, 7) is 4.06. The van der Waals surface area contributed by atoms with E-state index in [4.69, 9.17) is 0 Å². The molecule has 0 fully saturated rings. The first-order chi connectivity index (χ1) is 10.8. The van der Waals surface area contributed by atoms with Crippen LogP contribution < -0.4 is 4.72 Å². The molecule has 0 aromatic heterocycles. The predicted octanol–water partition coefficient (Wildman–Crippen LogP) is 3.40. The third kappa shape index (κ3) is 3.90. The summed E-state index contributed by atoms with van der Waals surface area (Å²) in [5, 5.41) is 0. The summed E-state index contributed by atoms with van der Waals surface area (Å²) in [7, 11) is -2.68. The molecular formula is C17H19NO4S. The quantitative estimate of drug-likeness (QED) is 0.851. The smallest absolute Gasteiger partial charge is 0.339 e. The Labute approximate surface area is 136 Å². The van der Waals surface area contributed by atoms with E-state index in [-0.39, 0.29) is 16.4 Å². The van der Waals surface area contributed by atoms with E-state index in [0.717, 1.165) is 5.56 Å². The summed E-state index contributed by atoms with van der Waals surface area (Å²) in [6.07, 6.45) is 0. The predicted molar refractivity (Wildman–Crippen MR) is 89.1 cm³/mol. The third-order valence-corrected chi connectivity index (χ3v) is 4.83. The zero-order valence-corrected chi connectivity index (χ0v) is 14.1. The van der Waals surface area contributed by atoms with Crippen LogP contribution in [0.4, 0.5) is 5.69 Å². The molecule has 0 spiro atoms. The van der Waals surface area contributed by atoms with Crippen LogP contribution in [-0.2, 0) is 14.8 Å². The van der Waals surface area contributed by atoms with E-state index in [1.807, 2.05) is 19.9 Å². The first kappa shape index (κ1) is 17.0. The maximum Gasteiger partial charge on any atom is 0.339 e. The molecule has 0 radical (unpaired) electrons. The average Bonchev–Trinajstić information content (AvgIpc) is 2.54. The summed E-state index contributed by atoms with van der Waals surface area (Å²) in [6, 6.07) is 13.1. The monoisotopic (exact) mass is 333 g/mol. The minimum Gasteiger partial charge on any atom is -0.465 e. The van der Waals surface area contributed by atoms with Gasteiger partial charge in [-0.2, -0.15) is 0 Å². The normalized spacial score (nSPS) is 11.3. The lowest BCUT2D eigenvalue weighted by atomic mass is 10.0. The number of methoxy groups -OCH3 is 1. The minimum absolute atomic E-state index is 0.00233. The highest BCUT2D eigenvalue weighted by Gasteiger charge is 2.22. The zero-order valence-electron chi connectivity index (χ0n) is 13.2. The second-order valence-electron chi connectivity index (χ2n) is 5.37. The first-order valence-electron chi connectivity index (χ1n) is 7.15. The van der Waals surface area contributed by atoms with Crippen LogP contribution >= 0.6 is 0 Å². The van der Waals surface area contributed by atoms with Gasteiger partial charge in [0.05, 0.1) is 12.7 Å². The van der Waals surface area contributed by atoms with Gasteiger partial charge in [0.25, 0.3) is 10.0 Å². The molecule has 0 aliphatic heterocycles. The molecule has 2 aromatic rings. The third-order valence-electron chi connectivity index (χ3n) is 3.39. The van der Waals surface area contributed by atoms with Crippen molar-refractivity contribution < 1.29 is 17.9 Å². The molecular weight excluding hydrogens is 314 g/mol. The molecule has 2 aromatic carbocycles. The van der Waals surface area contributed by atoms with Crippen molar-refractivity contribution in [2.45, 2.75) is 24.7 Å². The average molecular weight is 333 g/mol. The highest BCUT2D eigenvalue weighted by molar-refractivity contribution is 7.92. The fraction of sp³-hybridized carbons (Fsp3) is 0.235. The van der Waals surface area contributed by atoms with Gasteiger partial charge >= 0.3 is 5.97 Å². The molecule has 122 valence electrons. The van der Waals surface area contributed by atoms with Crippen LogP contribution in [0.1, 0.15) is 35.7 Å². The number of rotatable bonds is 5. The molecule has 0 aliphatic carbocycles. The van der Waals surface area contributed by atoms with E-state index < -0.39 is 16.0 Å². The van der Waals surface area contributed by atoms with Gasteiger partial charge in [0.1, 0.15) is 4.90 Å². The fourth-order valence-electron chi connectivity index (χ4n) is 2.15. The van der Waals surface area contributed by atoms with Gasteiger partial charge in [-0.25, -0.2) is 13.2 Å². The summed E-state index contributed by atoms with van der Waals surface area (Å²) in [4.78, 5) is 11.7. The van der Waals surface area contributed by atoms with Crippen molar-refractivity contribution in [3.8, 4) is 0 Å². The lowest BCUT2D eigenvalue weighted by molar-refractivity contribution is 0.0596. The number of esters is 1. The number of ether oxygens (including phenoxy) is 1. The number of carbonyl (C=O) groups excluding carboxylic acids is 1. The maximum atomic E-state index is 12.6. The maximum absolute atomic E-state index is 12.6. The summed E-state index contributed by atoms with van der Waals surface area (Å²) < 4.78 is 32.4. The van der Waals surface area contributed by atoms with E-state index in [2.05, 4.69) is 9.46 Å². The molecule has 23 heavy (non-hydrogen) atoms. The molecule has 0 heterocycles. The second kappa shape index (κ2) is 6.83. The highest BCUT2D eigenvalue weighted by Crippen LogP contribution is 2.23. The second-order valence-corrected chi connectivity index (χ2v) is 7.02. The van der Waals surface area contributed by atoms with E-state index in [9.17, 15) is 13.2 Å². The van der Waals surface area contributed by atoms with Gasteiger partial charge in [-0.05, 0) is 35.7 Å². The number of anilines is 1. The van der Waals surface area contributed by atoms with Crippen LogP contribution in [0.2, 0.25) is 0 Å². The molecule has 5 nitrogen and oxygen atoms in total. The van der Waals surface area contributed by atoms with Gasteiger partial charge in [0.15, 0.2) is 0 Å². The lowest BCUT2D eigenvalue weighted by Crippen LogP contribution is -2.17. The minimum atomic E-state index is -3.89. The van der Waals surface area contributed by atoms with E-state index >= 15 is 0 Å². The van der Waals surface area contributed by atoms with E-state index in [1.165, 1.54) is 19.2 Å². The Morgan fingerprint density at radius 3 is 2.43 bits per heavy atom. The molecule has 0 bridgehead atoms. The van der Waals surface area contributed by atoms with Gasteiger partial charge in [-0.3, -0.25) is 4.72 Å². The number of carbonyl (C=O) groups is 1. The van der Waals surface area contributed by atoms with Crippen LogP contribution in [0.5, 0.6) is 0 Å². The van der Waals surface area contributed by atoms with Crippen molar-refractivity contribution in [1.82, 2.24) is 0 Å². The Hall–Kier alpha value is -2.34. The van der Waals surface area contributed by atoms with Crippen LogP contribution in [-0.4, -0.2) is 21.5 Å². The summed E-state index contributed by atoms with van der Waals surface area (Å²) >= 11 is 0. The van der Waals surface area contributed by atoms with Crippen molar-refractivity contribution in [2.75, 3.05) is 11.8 Å². The van der Waals surface area contributed by atoms with Crippen LogP contribution in [0.15, 0.2) is 53.4 Å². The number of hydrogen-bond acceptors (Lipinski definition) is 4. The van der Waals surface area contributed by atoms with Gasteiger partial charge in [0, 0.05) is 5.69 Å². The SMILES string of the molecule is COC(=O)c1ccccc1S(=O)(=O)Nc1cccc(C(C)C)c1. The Morgan fingerprint density at radius 1 is 1.09 bits per heavy atom. The Balaban J connectivity index is 2.40. The summed E-state index contributed by atoms with van der Waals surface area (Å²) in [5.74, 6) is -0.413. The topological polar surface area (TPSA) is 72.5 Å². The van der Waals surface area contributed by atoms with Crippen LogP contribution in [0, 0.1) is 0 Å². The largest absolute Gasteiger partial charge is 0.465 e. The Kier molecular flexibility index (Phi) is 5.05. The molecule has 2 rings (SSSR count). The van der Waals surface area contributed by atoms with Crippen LogP contribution in [0.3, 0.4) is 0 Å². The van der Waals surface area contributed by atoms with Gasteiger partial charge in [-0.1, -0.05) is 38.1 Å². The fourth-order valence-corrected chi connectivity index (χ4v) is 3.40. The van der Waals surface area contributed by atoms with Gasteiger partial charge in [-0.15, -0.1) is 0 Å². The van der Waals surface area contributed by atoms with E-state index in [0.29, 0.717) is 5.69 Å².